The SMILES string of the molecule is CN1CCN(C(=O)C(N)Cc2ccc(-c3ccc(Cl)cc3Cl)s2)CC1. The fourth-order valence-corrected chi connectivity index (χ4v) is 4.56. The van der Waals surface area contributed by atoms with E-state index in [4.69, 9.17) is 28.9 Å². The quantitative estimate of drug-likeness (QED) is 0.859. The first-order valence-corrected chi connectivity index (χ1v) is 9.78. The lowest BCUT2D eigenvalue weighted by Gasteiger charge is -2.33. The fourth-order valence-electron chi connectivity index (χ4n) is 2.89. The molecule has 1 unspecified atom stereocenters. The number of amides is 1. The Hall–Kier alpha value is -1.11. The minimum Gasteiger partial charge on any atom is -0.339 e. The van der Waals surface area contributed by atoms with Gasteiger partial charge in [0.15, 0.2) is 0 Å². The summed E-state index contributed by atoms with van der Waals surface area (Å²) in [5, 5.41) is 1.24. The van der Waals surface area contributed by atoms with Gasteiger partial charge in [0.25, 0.3) is 0 Å². The molecule has 1 atom stereocenters. The second-order valence-electron chi connectivity index (χ2n) is 6.33. The number of hydrogen-bond acceptors (Lipinski definition) is 4. The van der Waals surface area contributed by atoms with Crippen LogP contribution >= 0.6 is 34.5 Å². The number of thiophene rings is 1. The molecule has 134 valence electrons. The predicted octanol–water partition coefficient (Wildman–Crippen LogP) is 3.37. The van der Waals surface area contributed by atoms with E-state index in [1.165, 1.54) is 0 Å². The molecule has 0 spiro atoms. The Labute approximate surface area is 162 Å². The van der Waals surface area contributed by atoms with Crippen LogP contribution in [-0.4, -0.2) is 55.0 Å². The normalized spacial score (nSPS) is 16.9. The van der Waals surface area contributed by atoms with Crippen LogP contribution in [0.1, 0.15) is 4.88 Å². The summed E-state index contributed by atoms with van der Waals surface area (Å²) < 4.78 is 0. The lowest BCUT2D eigenvalue weighted by Crippen LogP contribution is -2.52. The summed E-state index contributed by atoms with van der Waals surface area (Å²) in [6.45, 7) is 3.30. The molecule has 2 heterocycles. The smallest absolute Gasteiger partial charge is 0.239 e. The predicted molar refractivity (Wildman–Crippen MR) is 106 cm³/mol. The number of carbonyl (C=O) groups is 1. The zero-order valence-electron chi connectivity index (χ0n) is 14.0. The molecule has 1 aliphatic rings. The van der Waals surface area contributed by atoms with Gasteiger partial charge in [-0.3, -0.25) is 4.79 Å². The third-order valence-electron chi connectivity index (χ3n) is 4.41. The topological polar surface area (TPSA) is 49.6 Å². The molecule has 4 nitrogen and oxygen atoms in total. The van der Waals surface area contributed by atoms with Crippen molar-refractivity contribution in [2.75, 3.05) is 33.2 Å². The number of carbonyl (C=O) groups excluding carboxylic acids is 1. The summed E-state index contributed by atoms with van der Waals surface area (Å²) in [5.74, 6) is 0.0348. The molecule has 1 aliphatic heterocycles. The van der Waals surface area contributed by atoms with E-state index >= 15 is 0 Å². The van der Waals surface area contributed by atoms with Crippen molar-refractivity contribution < 1.29 is 4.79 Å². The monoisotopic (exact) mass is 397 g/mol. The minimum atomic E-state index is -0.504. The third kappa shape index (κ3) is 4.54. The third-order valence-corrected chi connectivity index (χ3v) is 6.10. The van der Waals surface area contributed by atoms with Gasteiger partial charge in [-0.2, -0.15) is 0 Å². The van der Waals surface area contributed by atoms with E-state index < -0.39 is 6.04 Å². The van der Waals surface area contributed by atoms with Crippen molar-refractivity contribution in [1.29, 1.82) is 0 Å². The second kappa shape index (κ2) is 8.06. The minimum absolute atomic E-state index is 0.0348. The van der Waals surface area contributed by atoms with Crippen molar-refractivity contribution in [2.24, 2.45) is 5.73 Å². The van der Waals surface area contributed by atoms with Gasteiger partial charge >= 0.3 is 0 Å². The van der Waals surface area contributed by atoms with E-state index in [2.05, 4.69) is 11.9 Å². The molecule has 1 amide bonds. The molecule has 0 radical (unpaired) electrons. The van der Waals surface area contributed by atoms with Crippen LogP contribution < -0.4 is 5.73 Å². The summed E-state index contributed by atoms with van der Waals surface area (Å²) in [4.78, 5) is 18.7. The lowest BCUT2D eigenvalue weighted by atomic mass is 10.1. The molecular weight excluding hydrogens is 377 g/mol. The molecule has 0 bridgehead atoms. The number of nitrogens with two attached hydrogens (primary N) is 1. The number of halogens is 2. The molecule has 0 saturated carbocycles. The van der Waals surface area contributed by atoms with Crippen molar-refractivity contribution >= 4 is 40.4 Å². The Balaban J connectivity index is 1.65. The molecule has 1 fully saturated rings. The molecule has 7 heteroatoms. The van der Waals surface area contributed by atoms with E-state index in [1.807, 2.05) is 29.2 Å². The number of benzene rings is 1. The first-order valence-electron chi connectivity index (χ1n) is 8.21. The average Bonchev–Trinajstić information content (AvgIpc) is 3.03. The molecule has 3 rings (SSSR count). The number of nitrogens with zero attached hydrogens (tertiary/aromatic N) is 2. The summed E-state index contributed by atoms with van der Waals surface area (Å²) in [6, 6.07) is 9.00. The van der Waals surface area contributed by atoms with Gasteiger partial charge in [0, 0.05) is 52.9 Å². The maximum absolute atomic E-state index is 12.5. The molecule has 1 aromatic heterocycles. The largest absolute Gasteiger partial charge is 0.339 e. The van der Waals surface area contributed by atoms with Gasteiger partial charge in [0.1, 0.15) is 0 Å². The van der Waals surface area contributed by atoms with Crippen LogP contribution in [0.2, 0.25) is 10.0 Å². The molecule has 1 saturated heterocycles. The Bertz CT molecular complexity index is 757. The Morgan fingerprint density at radius 3 is 2.60 bits per heavy atom. The second-order valence-corrected chi connectivity index (χ2v) is 8.34. The highest BCUT2D eigenvalue weighted by molar-refractivity contribution is 7.15. The molecule has 2 aromatic rings. The van der Waals surface area contributed by atoms with E-state index in [-0.39, 0.29) is 5.91 Å². The molecule has 25 heavy (non-hydrogen) atoms. The Morgan fingerprint density at radius 1 is 1.20 bits per heavy atom. The van der Waals surface area contributed by atoms with Crippen molar-refractivity contribution in [3.63, 3.8) is 0 Å². The average molecular weight is 398 g/mol. The standard InChI is InChI=1S/C18H21Cl2N3OS/c1-22-6-8-23(9-7-22)18(24)16(21)11-13-3-5-17(25-13)14-4-2-12(19)10-15(14)20/h2-5,10,16H,6-9,11,21H2,1H3. The highest BCUT2D eigenvalue weighted by atomic mass is 35.5. The van der Waals surface area contributed by atoms with Gasteiger partial charge in [0.2, 0.25) is 5.91 Å². The molecule has 1 aromatic carbocycles. The fraction of sp³-hybridized carbons (Fsp3) is 0.389. The van der Waals surface area contributed by atoms with Crippen LogP contribution in [0.4, 0.5) is 0 Å². The highest BCUT2D eigenvalue weighted by Gasteiger charge is 2.24. The van der Waals surface area contributed by atoms with Gasteiger partial charge in [-0.15, -0.1) is 11.3 Å². The lowest BCUT2D eigenvalue weighted by molar-refractivity contribution is -0.134. The summed E-state index contributed by atoms with van der Waals surface area (Å²) in [5.41, 5.74) is 7.12. The highest BCUT2D eigenvalue weighted by Crippen LogP contribution is 2.35. The number of rotatable bonds is 4. The first kappa shape index (κ1) is 18.7. The number of likely N-dealkylation sites (N-methyl/N-ethyl adjacent to an activating group) is 1. The van der Waals surface area contributed by atoms with Crippen molar-refractivity contribution in [1.82, 2.24) is 9.80 Å². The maximum atomic E-state index is 12.5. The van der Waals surface area contributed by atoms with Crippen LogP contribution in [0.25, 0.3) is 10.4 Å². The van der Waals surface area contributed by atoms with E-state index in [1.54, 1.807) is 17.4 Å². The molecule has 0 aliphatic carbocycles. The van der Waals surface area contributed by atoms with Crippen LogP contribution in [0.3, 0.4) is 0 Å². The maximum Gasteiger partial charge on any atom is 0.239 e. The Kier molecular flexibility index (Phi) is 6.02. The molecular formula is C18H21Cl2N3OS. The Morgan fingerprint density at radius 2 is 1.92 bits per heavy atom. The zero-order valence-corrected chi connectivity index (χ0v) is 16.4. The van der Waals surface area contributed by atoms with Crippen LogP contribution in [-0.2, 0) is 11.2 Å². The first-order chi connectivity index (χ1) is 11.9. The van der Waals surface area contributed by atoms with Crippen molar-refractivity contribution in [2.45, 2.75) is 12.5 Å². The van der Waals surface area contributed by atoms with E-state index in [0.717, 1.165) is 41.5 Å². The molecule has 2 N–H and O–H groups in total. The summed E-state index contributed by atoms with van der Waals surface area (Å²) >= 11 is 13.8. The number of hydrogen-bond donors (Lipinski definition) is 1. The van der Waals surface area contributed by atoms with Gasteiger partial charge in [-0.05, 0) is 31.3 Å². The van der Waals surface area contributed by atoms with Crippen molar-refractivity contribution in [3.8, 4) is 10.4 Å². The van der Waals surface area contributed by atoms with E-state index in [0.29, 0.717) is 16.5 Å². The van der Waals surface area contributed by atoms with Gasteiger partial charge in [-0.25, -0.2) is 0 Å². The zero-order chi connectivity index (χ0) is 18.0. The van der Waals surface area contributed by atoms with Crippen LogP contribution in [0.5, 0.6) is 0 Å². The van der Waals surface area contributed by atoms with E-state index in [9.17, 15) is 4.79 Å². The van der Waals surface area contributed by atoms with Crippen LogP contribution in [0, 0.1) is 0 Å². The van der Waals surface area contributed by atoms with Crippen LogP contribution in [0.15, 0.2) is 30.3 Å². The summed E-state index contributed by atoms with van der Waals surface area (Å²) in [7, 11) is 2.07. The van der Waals surface area contributed by atoms with Gasteiger partial charge in [-0.1, -0.05) is 29.3 Å². The van der Waals surface area contributed by atoms with Gasteiger partial charge < -0.3 is 15.5 Å². The number of piperazine rings is 1. The van der Waals surface area contributed by atoms with Crippen molar-refractivity contribution in [3.05, 3.63) is 45.3 Å². The summed E-state index contributed by atoms with van der Waals surface area (Å²) in [6.07, 6.45) is 0.543. The van der Waals surface area contributed by atoms with Gasteiger partial charge in [0.05, 0.1) is 11.1 Å².